The van der Waals surface area contributed by atoms with Crippen molar-refractivity contribution in [3.05, 3.63) is 41.3 Å². The Morgan fingerprint density at radius 3 is 2.48 bits per heavy atom. The fourth-order valence-corrected chi connectivity index (χ4v) is 3.55. The molecule has 1 aliphatic rings. The van der Waals surface area contributed by atoms with E-state index < -0.39 is 6.61 Å². The lowest BCUT2D eigenvalue weighted by Crippen LogP contribution is -2.42. The van der Waals surface area contributed by atoms with Crippen LogP contribution in [-0.4, -0.2) is 31.7 Å². The first-order chi connectivity index (χ1) is 11.6. The summed E-state index contributed by atoms with van der Waals surface area (Å²) in [5.41, 5.74) is 0.863. The standard InChI is InChI=1S/C17H18F2N2O2S.ClH/c18-17(19)23-13-3-1-11(2-4-13)14-5-6-15(24-14)16(22)21-12-7-9-20-10-8-12;/h1-6,12,17,20H,7-10H2,(H,21,22);1H. The number of carbonyl (C=O) groups excluding carboxylic acids is 1. The highest BCUT2D eigenvalue weighted by Crippen LogP contribution is 2.30. The first kappa shape index (κ1) is 19.6. The zero-order valence-electron chi connectivity index (χ0n) is 13.3. The number of alkyl halides is 2. The van der Waals surface area contributed by atoms with Gasteiger partial charge in [0.1, 0.15) is 5.75 Å². The molecule has 0 spiro atoms. The number of amides is 1. The van der Waals surface area contributed by atoms with Gasteiger partial charge in [-0.05, 0) is 67.9 Å². The van der Waals surface area contributed by atoms with Crippen molar-refractivity contribution in [3.8, 4) is 16.2 Å². The van der Waals surface area contributed by atoms with E-state index in [-0.39, 0.29) is 30.1 Å². The van der Waals surface area contributed by atoms with Crippen LogP contribution in [0.1, 0.15) is 22.5 Å². The Kier molecular flexibility index (Phi) is 7.16. The summed E-state index contributed by atoms with van der Waals surface area (Å²) in [6.07, 6.45) is 1.88. The molecule has 2 heterocycles. The van der Waals surface area contributed by atoms with Crippen LogP contribution < -0.4 is 15.4 Å². The van der Waals surface area contributed by atoms with Gasteiger partial charge in [-0.2, -0.15) is 8.78 Å². The van der Waals surface area contributed by atoms with Gasteiger partial charge in [-0.25, -0.2) is 0 Å². The number of hydrogen-bond donors (Lipinski definition) is 2. The van der Waals surface area contributed by atoms with E-state index in [9.17, 15) is 13.6 Å². The van der Waals surface area contributed by atoms with Crippen molar-refractivity contribution >= 4 is 29.7 Å². The molecule has 0 atom stereocenters. The minimum atomic E-state index is -2.83. The highest BCUT2D eigenvalue weighted by molar-refractivity contribution is 7.17. The summed E-state index contributed by atoms with van der Waals surface area (Å²) in [7, 11) is 0. The molecule has 8 heteroatoms. The molecule has 1 aromatic heterocycles. The lowest BCUT2D eigenvalue weighted by molar-refractivity contribution is -0.0498. The molecule has 4 nitrogen and oxygen atoms in total. The highest BCUT2D eigenvalue weighted by atomic mass is 35.5. The topological polar surface area (TPSA) is 50.4 Å². The summed E-state index contributed by atoms with van der Waals surface area (Å²) in [5.74, 6) is 0.0602. The van der Waals surface area contributed by atoms with Crippen molar-refractivity contribution in [3.63, 3.8) is 0 Å². The molecule has 1 saturated heterocycles. The van der Waals surface area contributed by atoms with Gasteiger partial charge >= 0.3 is 6.61 Å². The summed E-state index contributed by atoms with van der Waals surface area (Å²) in [5, 5.41) is 6.32. The summed E-state index contributed by atoms with van der Waals surface area (Å²) in [4.78, 5) is 13.9. The van der Waals surface area contributed by atoms with Crippen molar-refractivity contribution in [2.45, 2.75) is 25.5 Å². The lowest BCUT2D eigenvalue weighted by atomic mass is 10.1. The highest BCUT2D eigenvalue weighted by Gasteiger charge is 2.17. The van der Waals surface area contributed by atoms with E-state index in [1.807, 2.05) is 6.07 Å². The second-order valence-electron chi connectivity index (χ2n) is 5.56. The van der Waals surface area contributed by atoms with Crippen LogP contribution in [0.25, 0.3) is 10.4 Å². The summed E-state index contributed by atoms with van der Waals surface area (Å²) in [6.45, 7) is -0.982. The predicted molar refractivity (Wildman–Crippen MR) is 97.0 cm³/mol. The molecule has 0 radical (unpaired) electrons. The SMILES string of the molecule is Cl.O=C(NC1CCNCC1)c1ccc(-c2ccc(OC(F)F)cc2)s1. The molecular weight excluding hydrogens is 370 g/mol. The second-order valence-corrected chi connectivity index (χ2v) is 6.65. The largest absolute Gasteiger partial charge is 0.435 e. The molecule has 136 valence electrons. The number of piperidine rings is 1. The van der Waals surface area contributed by atoms with Gasteiger partial charge in [-0.1, -0.05) is 0 Å². The third-order valence-corrected chi connectivity index (χ3v) is 5.00. The average Bonchev–Trinajstić information content (AvgIpc) is 3.06. The molecule has 0 unspecified atom stereocenters. The van der Waals surface area contributed by atoms with Crippen molar-refractivity contribution < 1.29 is 18.3 Å². The van der Waals surface area contributed by atoms with Crippen LogP contribution in [0.2, 0.25) is 0 Å². The van der Waals surface area contributed by atoms with Gasteiger partial charge in [0.15, 0.2) is 0 Å². The van der Waals surface area contributed by atoms with E-state index in [1.54, 1.807) is 18.2 Å². The second kappa shape index (κ2) is 9.12. The molecular formula is C17H19ClF2N2O2S. The maximum Gasteiger partial charge on any atom is 0.387 e. The predicted octanol–water partition coefficient (Wildman–Crippen LogP) is 3.92. The molecule has 3 rings (SSSR count). The van der Waals surface area contributed by atoms with Gasteiger partial charge in [0.05, 0.1) is 4.88 Å². The van der Waals surface area contributed by atoms with Crippen molar-refractivity contribution in [2.75, 3.05) is 13.1 Å². The van der Waals surface area contributed by atoms with Crippen molar-refractivity contribution in [2.24, 2.45) is 0 Å². The van der Waals surface area contributed by atoms with E-state index in [1.165, 1.54) is 23.5 Å². The number of carbonyl (C=O) groups is 1. The lowest BCUT2D eigenvalue weighted by Gasteiger charge is -2.23. The fraction of sp³-hybridized carbons (Fsp3) is 0.353. The molecule has 25 heavy (non-hydrogen) atoms. The normalized spacial score (nSPS) is 14.8. The van der Waals surface area contributed by atoms with E-state index in [2.05, 4.69) is 15.4 Å². The number of benzene rings is 1. The first-order valence-corrected chi connectivity index (χ1v) is 8.60. The molecule has 1 aliphatic heterocycles. The number of hydrogen-bond acceptors (Lipinski definition) is 4. The van der Waals surface area contributed by atoms with Gasteiger partial charge in [0, 0.05) is 10.9 Å². The molecule has 0 aliphatic carbocycles. The Bertz CT molecular complexity index is 688. The number of rotatable bonds is 5. The smallest absolute Gasteiger partial charge is 0.387 e. The van der Waals surface area contributed by atoms with E-state index in [0.717, 1.165) is 36.4 Å². The van der Waals surface area contributed by atoms with Gasteiger partial charge in [0.25, 0.3) is 5.91 Å². The minimum absolute atomic E-state index is 0. The Hall–Kier alpha value is -1.70. The van der Waals surface area contributed by atoms with Gasteiger partial charge < -0.3 is 15.4 Å². The van der Waals surface area contributed by atoms with Gasteiger partial charge in [0.2, 0.25) is 0 Å². The van der Waals surface area contributed by atoms with Crippen LogP contribution >= 0.6 is 23.7 Å². The van der Waals surface area contributed by atoms with Crippen molar-refractivity contribution in [1.82, 2.24) is 10.6 Å². The fourth-order valence-electron chi connectivity index (χ4n) is 2.64. The van der Waals surface area contributed by atoms with Crippen LogP contribution in [0, 0.1) is 0 Å². The first-order valence-electron chi connectivity index (χ1n) is 7.78. The van der Waals surface area contributed by atoms with E-state index >= 15 is 0 Å². The zero-order valence-corrected chi connectivity index (χ0v) is 15.0. The third kappa shape index (κ3) is 5.39. The Morgan fingerprint density at radius 1 is 1.16 bits per heavy atom. The average molecular weight is 389 g/mol. The van der Waals surface area contributed by atoms with Crippen LogP contribution in [-0.2, 0) is 0 Å². The summed E-state index contributed by atoms with van der Waals surface area (Å²) >= 11 is 1.39. The monoisotopic (exact) mass is 388 g/mol. The summed E-state index contributed by atoms with van der Waals surface area (Å²) in [6, 6.07) is 10.3. The number of halogens is 3. The van der Waals surface area contributed by atoms with Crippen LogP contribution in [0.5, 0.6) is 5.75 Å². The molecule has 2 N–H and O–H groups in total. The quantitative estimate of drug-likeness (QED) is 0.816. The molecule has 0 bridgehead atoms. The molecule has 1 amide bonds. The van der Waals surface area contributed by atoms with Crippen LogP contribution in [0.15, 0.2) is 36.4 Å². The van der Waals surface area contributed by atoms with E-state index in [4.69, 9.17) is 0 Å². The third-order valence-electron chi connectivity index (χ3n) is 3.87. The minimum Gasteiger partial charge on any atom is -0.435 e. The maximum atomic E-state index is 12.3. The van der Waals surface area contributed by atoms with Crippen molar-refractivity contribution in [1.29, 1.82) is 0 Å². The Labute approximate surface area is 155 Å². The summed E-state index contributed by atoms with van der Waals surface area (Å²) < 4.78 is 28.7. The molecule has 0 saturated carbocycles. The number of ether oxygens (including phenoxy) is 1. The number of nitrogens with one attached hydrogen (secondary N) is 2. The van der Waals surface area contributed by atoms with E-state index in [0.29, 0.717) is 4.88 Å². The number of thiophene rings is 1. The van der Waals surface area contributed by atoms with Gasteiger partial charge in [-0.15, -0.1) is 23.7 Å². The van der Waals surface area contributed by atoms with Crippen LogP contribution in [0.3, 0.4) is 0 Å². The molecule has 2 aromatic rings. The Balaban J connectivity index is 0.00000225. The van der Waals surface area contributed by atoms with Gasteiger partial charge in [-0.3, -0.25) is 4.79 Å². The Morgan fingerprint density at radius 2 is 1.84 bits per heavy atom. The molecule has 1 fully saturated rings. The zero-order chi connectivity index (χ0) is 16.9. The molecule has 1 aromatic carbocycles. The maximum absolute atomic E-state index is 12.3. The van der Waals surface area contributed by atoms with Crippen LogP contribution in [0.4, 0.5) is 8.78 Å².